The van der Waals surface area contributed by atoms with E-state index in [1.807, 2.05) is 0 Å². The number of Topliss-reactive ketones (excluding diaryl/α,β-unsaturated/α-hetero) is 1. The van der Waals surface area contributed by atoms with Crippen molar-refractivity contribution >= 4 is 5.78 Å². The van der Waals surface area contributed by atoms with Crippen LogP contribution in [0.3, 0.4) is 0 Å². The molecule has 0 heterocycles. The monoisotopic (exact) mass is 216 g/mol. The molecule has 1 unspecified atom stereocenters. The predicted molar refractivity (Wildman–Crippen MR) is 66.5 cm³/mol. The van der Waals surface area contributed by atoms with Crippen molar-refractivity contribution in [2.24, 2.45) is 5.92 Å². The topological polar surface area (TPSA) is 17.1 Å². The second-order valence-electron chi connectivity index (χ2n) is 4.76. The second-order valence-corrected chi connectivity index (χ2v) is 4.76. The summed E-state index contributed by atoms with van der Waals surface area (Å²) in [7, 11) is 0. The summed E-state index contributed by atoms with van der Waals surface area (Å²) in [4.78, 5) is 11.5. The zero-order chi connectivity index (χ0) is 11.4. The molecule has 1 aliphatic carbocycles. The molecule has 1 atom stereocenters. The lowest BCUT2D eigenvalue weighted by Crippen LogP contribution is -2.07. The largest absolute Gasteiger partial charge is 0.299 e. The fourth-order valence-electron chi connectivity index (χ4n) is 2.48. The molecule has 86 valence electrons. The Morgan fingerprint density at radius 2 is 1.88 bits per heavy atom. The van der Waals surface area contributed by atoms with Gasteiger partial charge < -0.3 is 0 Å². The van der Waals surface area contributed by atoms with Crippen LogP contribution >= 0.6 is 0 Å². The number of carbonyl (C=O) groups is 1. The molecule has 1 heteroatoms. The number of rotatable bonds is 4. The van der Waals surface area contributed by atoms with Crippen molar-refractivity contribution in [2.75, 3.05) is 0 Å². The SMILES string of the molecule is CCc1ccc(CCC2CCCC2=O)cc1. The van der Waals surface area contributed by atoms with Crippen LogP contribution in [0.2, 0.25) is 0 Å². The molecule has 1 aromatic carbocycles. The maximum absolute atomic E-state index is 11.5. The second kappa shape index (κ2) is 5.29. The first-order chi connectivity index (χ1) is 7.79. The van der Waals surface area contributed by atoms with Crippen LogP contribution in [0.1, 0.15) is 43.7 Å². The Labute approximate surface area is 97.9 Å². The summed E-state index contributed by atoms with van der Waals surface area (Å²) < 4.78 is 0. The van der Waals surface area contributed by atoms with Gasteiger partial charge in [0.25, 0.3) is 0 Å². The zero-order valence-corrected chi connectivity index (χ0v) is 10.0. The van der Waals surface area contributed by atoms with E-state index in [1.165, 1.54) is 11.1 Å². The highest BCUT2D eigenvalue weighted by Gasteiger charge is 2.23. The minimum absolute atomic E-state index is 0.353. The van der Waals surface area contributed by atoms with E-state index in [2.05, 4.69) is 31.2 Å². The number of carbonyl (C=O) groups excluding carboxylic acids is 1. The van der Waals surface area contributed by atoms with Crippen molar-refractivity contribution in [3.63, 3.8) is 0 Å². The van der Waals surface area contributed by atoms with Gasteiger partial charge >= 0.3 is 0 Å². The quantitative estimate of drug-likeness (QED) is 0.752. The number of ketones is 1. The highest BCUT2D eigenvalue weighted by atomic mass is 16.1. The normalized spacial score (nSPS) is 20.3. The minimum atomic E-state index is 0.353. The molecule has 0 radical (unpaired) electrons. The molecule has 1 saturated carbocycles. The van der Waals surface area contributed by atoms with Crippen LogP contribution in [-0.4, -0.2) is 5.78 Å². The van der Waals surface area contributed by atoms with Crippen LogP contribution in [0.25, 0.3) is 0 Å². The molecule has 1 nitrogen and oxygen atoms in total. The van der Waals surface area contributed by atoms with Gasteiger partial charge in [-0.05, 0) is 43.2 Å². The Bertz CT molecular complexity index is 350. The van der Waals surface area contributed by atoms with Gasteiger partial charge in [-0.1, -0.05) is 31.2 Å². The maximum atomic E-state index is 11.5. The van der Waals surface area contributed by atoms with Gasteiger partial charge in [0.1, 0.15) is 5.78 Å². The van der Waals surface area contributed by atoms with E-state index in [-0.39, 0.29) is 0 Å². The summed E-state index contributed by atoms with van der Waals surface area (Å²) in [6.45, 7) is 2.17. The first kappa shape index (κ1) is 11.4. The van der Waals surface area contributed by atoms with Gasteiger partial charge in [0.15, 0.2) is 0 Å². The lowest BCUT2D eigenvalue weighted by molar-refractivity contribution is -0.120. The molecule has 2 rings (SSSR count). The highest BCUT2D eigenvalue weighted by molar-refractivity contribution is 5.82. The van der Waals surface area contributed by atoms with Crippen molar-refractivity contribution in [3.8, 4) is 0 Å². The number of hydrogen-bond acceptors (Lipinski definition) is 1. The smallest absolute Gasteiger partial charge is 0.135 e. The Kier molecular flexibility index (Phi) is 3.76. The van der Waals surface area contributed by atoms with Gasteiger partial charge in [-0.15, -0.1) is 0 Å². The van der Waals surface area contributed by atoms with Gasteiger partial charge in [0, 0.05) is 12.3 Å². The molecule has 0 saturated heterocycles. The standard InChI is InChI=1S/C15H20O/c1-2-12-6-8-13(9-7-12)10-11-14-4-3-5-15(14)16/h6-9,14H,2-5,10-11H2,1H3. The fourth-order valence-corrected chi connectivity index (χ4v) is 2.48. The lowest BCUT2D eigenvalue weighted by Gasteiger charge is -2.07. The molecule has 16 heavy (non-hydrogen) atoms. The Morgan fingerprint density at radius 1 is 1.19 bits per heavy atom. The lowest BCUT2D eigenvalue weighted by atomic mass is 9.97. The van der Waals surface area contributed by atoms with Gasteiger partial charge in [0.05, 0.1) is 0 Å². The van der Waals surface area contributed by atoms with Crippen molar-refractivity contribution in [2.45, 2.75) is 45.4 Å². The minimum Gasteiger partial charge on any atom is -0.299 e. The van der Waals surface area contributed by atoms with E-state index in [0.29, 0.717) is 11.7 Å². The number of benzene rings is 1. The third kappa shape index (κ3) is 2.72. The molecule has 1 aromatic rings. The van der Waals surface area contributed by atoms with Crippen LogP contribution in [0, 0.1) is 5.92 Å². The molecular weight excluding hydrogens is 196 g/mol. The molecule has 0 amide bonds. The molecule has 0 aromatic heterocycles. The van der Waals surface area contributed by atoms with Crippen LogP contribution < -0.4 is 0 Å². The third-order valence-electron chi connectivity index (χ3n) is 3.64. The van der Waals surface area contributed by atoms with Crippen LogP contribution in [-0.2, 0) is 17.6 Å². The van der Waals surface area contributed by atoms with Crippen molar-refractivity contribution in [1.82, 2.24) is 0 Å². The zero-order valence-electron chi connectivity index (χ0n) is 10.0. The van der Waals surface area contributed by atoms with E-state index in [1.54, 1.807) is 0 Å². The fraction of sp³-hybridized carbons (Fsp3) is 0.533. The Morgan fingerprint density at radius 3 is 2.44 bits per heavy atom. The van der Waals surface area contributed by atoms with Crippen molar-refractivity contribution < 1.29 is 4.79 Å². The maximum Gasteiger partial charge on any atom is 0.135 e. The predicted octanol–water partition coefficient (Wildman–Crippen LogP) is 3.55. The summed E-state index contributed by atoms with van der Waals surface area (Å²) >= 11 is 0. The summed E-state index contributed by atoms with van der Waals surface area (Å²) in [5.74, 6) is 0.844. The van der Waals surface area contributed by atoms with Crippen molar-refractivity contribution in [1.29, 1.82) is 0 Å². The Hall–Kier alpha value is -1.11. The van der Waals surface area contributed by atoms with E-state index in [4.69, 9.17) is 0 Å². The first-order valence-electron chi connectivity index (χ1n) is 6.40. The summed E-state index contributed by atoms with van der Waals surface area (Å²) in [5, 5.41) is 0. The van der Waals surface area contributed by atoms with Crippen molar-refractivity contribution in [3.05, 3.63) is 35.4 Å². The molecule has 0 bridgehead atoms. The summed E-state index contributed by atoms with van der Waals surface area (Å²) in [5.41, 5.74) is 2.76. The van der Waals surface area contributed by atoms with E-state index in [9.17, 15) is 4.79 Å². The number of aryl methyl sites for hydroxylation is 2. The van der Waals surface area contributed by atoms with Gasteiger partial charge in [-0.25, -0.2) is 0 Å². The van der Waals surface area contributed by atoms with E-state index >= 15 is 0 Å². The van der Waals surface area contributed by atoms with E-state index in [0.717, 1.165) is 38.5 Å². The van der Waals surface area contributed by atoms with Gasteiger partial charge in [0.2, 0.25) is 0 Å². The molecule has 1 aliphatic rings. The first-order valence-corrected chi connectivity index (χ1v) is 6.40. The average Bonchev–Trinajstić information content (AvgIpc) is 2.73. The molecule has 1 fully saturated rings. The number of hydrogen-bond donors (Lipinski definition) is 0. The molecule has 0 spiro atoms. The van der Waals surface area contributed by atoms with Gasteiger partial charge in [-0.2, -0.15) is 0 Å². The molecular formula is C15H20O. The summed E-state index contributed by atoms with van der Waals surface area (Å²) in [6, 6.07) is 8.81. The van der Waals surface area contributed by atoms with Gasteiger partial charge in [-0.3, -0.25) is 4.79 Å². The van der Waals surface area contributed by atoms with Crippen LogP contribution in [0.4, 0.5) is 0 Å². The van der Waals surface area contributed by atoms with Crippen LogP contribution in [0.15, 0.2) is 24.3 Å². The third-order valence-corrected chi connectivity index (χ3v) is 3.64. The molecule has 0 aliphatic heterocycles. The van der Waals surface area contributed by atoms with Crippen LogP contribution in [0.5, 0.6) is 0 Å². The summed E-state index contributed by atoms with van der Waals surface area (Å²) in [6.07, 6.45) is 6.25. The van der Waals surface area contributed by atoms with E-state index < -0.39 is 0 Å². The molecule has 0 N–H and O–H groups in total. The highest BCUT2D eigenvalue weighted by Crippen LogP contribution is 2.25. The Balaban J connectivity index is 1.86. The average molecular weight is 216 g/mol.